The largest absolute Gasteiger partial charge is 0.350 e. The molecule has 0 radical (unpaired) electrons. The van der Waals surface area contributed by atoms with Gasteiger partial charge in [0.25, 0.3) is 0 Å². The number of hydrogen-bond acceptors (Lipinski definition) is 4. The number of nitrogens with one attached hydrogen (secondary N) is 2. The highest BCUT2D eigenvalue weighted by Crippen LogP contribution is 2.37. The van der Waals surface area contributed by atoms with E-state index >= 15 is 0 Å². The Balaban J connectivity index is 2.17. The van der Waals surface area contributed by atoms with Crippen LogP contribution in [0.5, 0.6) is 0 Å². The second-order valence-electron chi connectivity index (χ2n) is 9.32. The van der Waals surface area contributed by atoms with E-state index in [1.54, 1.807) is 6.92 Å². The summed E-state index contributed by atoms with van der Waals surface area (Å²) in [5.74, 6) is -1.95. The topological polar surface area (TPSA) is 95.6 Å². The molecule has 0 aromatic heterocycles. The molecule has 4 amide bonds. The SMILES string of the molecule is CC(C)CC(C(=O)NC(C)C(=O)NC(C)(C)C)N1C(=O)C2CC=CCC2C1=O. The molecule has 156 valence electrons. The lowest BCUT2D eigenvalue weighted by molar-refractivity contribution is -0.148. The Labute approximate surface area is 167 Å². The van der Waals surface area contributed by atoms with Crippen molar-refractivity contribution in [3.8, 4) is 0 Å². The van der Waals surface area contributed by atoms with E-state index in [2.05, 4.69) is 10.6 Å². The summed E-state index contributed by atoms with van der Waals surface area (Å²) in [7, 11) is 0. The van der Waals surface area contributed by atoms with Crippen LogP contribution in [0.3, 0.4) is 0 Å². The number of carbonyl (C=O) groups excluding carboxylic acids is 4. The highest BCUT2D eigenvalue weighted by Gasteiger charge is 2.51. The fraction of sp³-hybridized carbons (Fsp3) is 0.714. The van der Waals surface area contributed by atoms with Gasteiger partial charge in [-0.15, -0.1) is 0 Å². The van der Waals surface area contributed by atoms with E-state index < -0.39 is 23.5 Å². The van der Waals surface area contributed by atoms with Crippen LogP contribution in [0.15, 0.2) is 12.2 Å². The second kappa shape index (κ2) is 8.45. The quantitative estimate of drug-likeness (QED) is 0.533. The maximum atomic E-state index is 13.0. The molecule has 1 aliphatic carbocycles. The van der Waals surface area contributed by atoms with Gasteiger partial charge in [-0.05, 0) is 52.9 Å². The monoisotopic (exact) mass is 391 g/mol. The Morgan fingerprint density at radius 2 is 1.54 bits per heavy atom. The summed E-state index contributed by atoms with van der Waals surface area (Å²) >= 11 is 0. The van der Waals surface area contributed by atoms with Crippen molar-refractivity contribution in [3.05, 3.63) is 12.2 Å². The zero-order valence-corrected chi connectivity index (χ0v) is 17.7. The maximum absolute atomic E-state index is 13.0. The minimum atomic E-state index is -0.893. The zero-order chi connectivity index (χ0) is 21.2. The van der Waals surface area contributed by atoms with Crippen LogP contribution in [0.2, 0.25) is 0 Å². The summed E-state index contributed by atoms with van der Waals surface area (Å²) in [6, 6.07) is -1.66. The van der Waals surface area contributed by atoms with Crippen molar-refractivity contribution < 1.29 is 19.2 Å². The molecule has 0 aromatic rings. The molecule has 4 atom stereocenters. The number of rotatable bonds is 6. The van der Waals surface area contributed by atoms with Crippen molar-refractivity contribution in [3.63, 3.8) is 0 Å². The summed E-state index contributed by atoms with van der Waals surface area (Å²) in [5.41, 5.74) is -0.420. The summed E-state index contributed by atoms with van der Waals surface area (Å²) < 4.78 is 0. The molecule has 7 nitrogen and oxygen atoms in total. The normalized spacial score (nSPS) is 24.2. The molecular formula is C21H33N3O4. The van der Waals surface area contributed by atoms with Gasteiger partial charge < -0.3 is 10.6 Å². The van der Waals surface area contributed by atoms with E-state index in [0.29, 0.717) is 19.3 Å². The first kappa shape index (κ1) is 22.1. The van der Waals surface area contributed by atoms with Gasteiger partial charge in [0.2, 0.25) is 23.6 Å². The molecular weight excluding hydrogens is 358 g/mol. The number of nitrogens with zero attached hydrogens (tertiary/aromatic N) is 1. The molecule has 0 saturated carbocycles. The molecule has 1 saturated heterocycles. The Hall–Kier alpha value is -2.18. The first-order valence-electron chi connectivity index (χ1n) is 10.1. The van der Waals surface area contributed by atoms with Crippen LogP contribution in [0.25, 0.3) is 0 Å². The molecule has 2 aliphatic rings. The van der Waals surface area contributed by atoms with Gasteiger partial charge in [-0.1, -0.05) is 26.0 Å². The molecule has 0 bridgehead atoms. The van der Waals surface area contributed by atoms with Crippen molar-refractivity contribution in [1.82, 2.24) is 15.5 Å². The van der Waals surface area contributed by atoms with Gasteiger partial charge in [0.05, 0.1) is 11.8 Å². The summed E-state index contributed by atoms with van der Waals surface area (Å²) in [6.07, 6.45) is 5.28. The van der Waals surface area contributed by atoms with E-state index in [1.807, 2.05) is 46.8 Å². The van der Waals surface area contributed by atoms with Crippen LogP contribution >= 0.6 is 0 Å². The van der Waals surface area contributed by atoms with Crippen molar-refractivity contribution in [2.24, 2.45) is 17.8 Å². The molecule has 1 aliphatic heterocycles. The fourth-order valence-electron chi connectivity index (χ4n) is 3.76. The Kier molecular flexibility index (Phi) is 6.67. The van der Waals surface area contributed by atoms with Gasteiger partial charge in [0.15, 0.2) is 0 Å². The van der Waals surface area contributed by atoms with Crippen molar-refractivity contribution in [1.29, 1.82) is 0 Å². The maximum Gasteiger partial charge on any atom is 0.243 e. The van der Waals surface area contributed by atoms with Crippen molar-refractivity contribution in [2.75, 3.05) is 0 Å². The molecule has 2 N–H and O–H groups in total. The molecule has 4 unspecified atom stereocenters. The third-order valence-corrected chi connectivity index (χ3v) is 5.10. The van der Waals surface area contributed by atoms with Crippen LogP contribution in [0.4, 0.5) is 0 Å². The van der Waals surface area contributed by atoms with Crippen molar-refractivity contribution >= 4 is 23.6 Å². The van der Waals surface area contributed by atoms with E-state index in [9.17, 15) is 19.2 Å². The summed E-state index contributed by atoms with van der Waals surface area (Å²) in [6.45, 7) is 11.1. The molecule has 7 heteroatoms. The Bertz CT molecular complexity index is 652. The second-order valence-corrected chi connectivity index (χ2v) is 9.32. The number of amides is 4. The lowest BCUT2D eigenvalue weighted by Crippen LogP contribution is -2.56. The fourth-order valence-corrected chi connectivity index (χ4v) is 3.76. The van der Waals surface area contributed by atoms with Gasteiger partial charge in [0, 0.05) is 5.54 Å². The zero-order valence-electron chi connectivity index (χ0n) is 17.7. The molecule has 1 heterocycles. The average molecular weight is 392 g/mol. The number of fused-ring (bicyclic) bond motifs is 1. The number of imide groups is 1. The summed E-state index contributed by atoms with van der Waals surface area (Å²) in [5, 5.41) is 5.52. The van der Waals surface area contributed by atoms with Gasteiger partial charge in [-0.3, -0.25) is 24.1 Å². The highest BCUT2D eigenvalue weighted by atomic mass is 16.2. The van der Waals surface area contributed by atoms with E-state index in [0.717, 1.165) is 4.90 Å². The van der Waals surface area contributed by atoms with Crippen molar-refractivity contribution in [2.45, 2.75) is 78.4 Å². The van der Waals surface area contributed by atoms with Gasteiger partial charge in [-0.2, -0.15) is 0 Å². The third kappa shape index (κ3) is 5.00. The average Bonchev–Trinajstić information content (AvgIpc) is 2.82. The van der Waals surface area contributed by atoms with E-state index in [4.69, 9.17) is 0 Å². The third-order valence-electron chi connectivity index (χ3n) is 5.10. The molecule has 28 heavy (non-hydrogen) atoms. The van der Waals surface area contributed by atoms with Gasteiger partial charge in [-0.25, -0.2) is 0 Å². The molecule has 1 fully saturated rings. The van der Waals surface area contributed by atoms with E-state index in [-0.39, 0.29) is 35.5 Å². The minimum Gasteiger partial charge on any atom is -0.350 e. The number of allylic oxidation sites excluding steroid dienone is 2. The molecule has 0 aromatic carbocycles. The van der Waals surface area contributed by atoms with E-state index in [1.165, 1.54) is 0 Å². The smallest absolute Gasteiger partial charge is 0.243 e. The first-order chi connectivity index (χ1) is 12.9. The predicted molar refractivity (Wildman–Crippen MR) is 106 cm³/mol. The Morgan fingerprint density at radius 1 is 1.04 bits per heavy atom. The highest BCUT2D eigenvalue weighted by molar-refractivity contribution is 6.08. The standard InChI is InChI=1S/C21H33N3O4/c1-12(2)11-16(18(26)22-13(3)17(25)23-21(4,5)6)24-19(27)14-9-7-8-10-15(14)20(24)28/h7-8,12-16H,9-11H2,1-6H3,(H,22,26)(H,23,25). The lowest BCUT2D eigenvalue weighted by Gasteiger charge is -2.29. The van der Waals surface area contributed by atoms with Gasteiger partial charge in [0.1, 0.15) is 12.1 Å². The van der Waals surface area contributed by atoms with Crippen LogP contribution in [-0.4, -0.2) is 46.2 Å². The number of likely N-dealkylation sites (tertiary alicyclic amines) is 1. The molecule has 2 rings (SSSR count). The van der Waals surface area contributed by atoms with Crippen LogP contribution in [0, 0.1) is 17.8 Å². The predicted octanol–water partition coefficient (Wildman–Crippen LogP) is 1.77. The van der Waals surface area contributed by atoms with Crippen LogP contribution < -0.4 is 10.6 Å². The van der Waals surface area contributed by atoms with Crippen LogP contribution in [0.1, 0.15) is 60.8 Å². The van der Waals surface area contributed by atoms with Crippen LogP contribution in [-0.2, 0) is 19.2 Å². The minimum absolute atomic E-state index is 0.107. The lowest BCUT2D eigenvalue weighted by atomic mass is 9.85. The number of hydrogen-bond donors (Lipinski definition) is 2. The molecule has 0 spiro atoms. The summed E-state index contributed by atoms with van der Waals surface area (Å²) in [4.78, 5) is 52.3. The number of carbonyl (C=O) groups is 4. The first-order valence-corrected chi connectivity index (χ1v) is 10.1. The van der Waals surface area contributed by atoms with Gasteiger partial charge >= 0.3 is 0 Å². The Morgan fingerprint density at radius 3 is 1.96 bits per heavy atom.